The first kappa shape index (κ1) is 15.4. The zero-order valence-electron chi connectivity index (χ0n) is 12.7. The minimum Gasteiger partial charge on any atom is -0.495 e. The summed E-state index contributed by atoms with van der Waals surface area (Å²) in [5.41, 5.74) is 2.95. The lowest BCUT2D eigenvalue weighted by Crippen LogP contribution is -2.14. The van der Waals surface area contributed by atoms with Gasteiger partial charge in [-0.05, 0) is 35.9 Å². The molecular weight excluding hydrogens is 316 g/mol. The molecule has 0 aliphatic heterocycles. The maximum absolute atomic E-state index is 12.2. The highest BCUT2D eigenvalue weighted by Gasteiger charge is 2.09. The van der Waals surface area contributed by atoms with Crippen LogP contribution in [0.15, 0.2) is 40.8 Å². The van der Waals surface area contributed by atoms with E-state index in [1.165, 1.54) is 0 Å². The van der Waals surface area contributed by atoms with Gasteiger partial charge in [0.2, 0.25) is 5.91 Å². The Hall–Kier alpha value is -2.53. The zero-order valence-corrected chi connectivity index (χ0v) is 13.5. The summed E-state index contributed by atoms with van der Waals surface area (Å²) >= 11 is 6.05. The number of hydrogen-bond acceptors (Lipinski definition) is 4. The quantitative estimate of drug-likeness (QED) is 0.786. The molecule has 0 aliphatic carbocycles. The van der Waals surface area contributed by atoms with Gasteiger partial charge in [-0.1, -0.05) is 17.7 Å². The molecule has 5 nitrogen and oxygen atoms in total. The fourth-order valence-electron chi connectivity index (χ4n) is 2.33. The molecule has 0 radical (unpaired) electrons. The smallest absolute Gasteiger partial charge is 0.228 e. The number of benzene rings is 2. The summed E-state index contributed by atoms with van der Waals surface area (Å²) in [4.78, 5) is 16.4. The average Bonchev–Trinajstić information content (AvgIpc) is 2.86. The molecule has 0 spiro atoms. The molecule has 0 atom stereocenters. The zero-order chi connectivity index (χ0) is 16.4. The monoisotopic (exact) mass is 330 g/mol. The van der Waals surface area contributed by atoms with Crippen molar-refractivity contribution in [1.82, 2.24) is 4.98 Å². The first-order chi connectivity index (χ1) is 11.0. The van der Waals surface area contributed by atoms with Gasteiger partial charge in [-0.3, -0.25) is 4.79 Å². The van der Waals surface area contributed by atoms with Gasteiger partial charge in [-0.2, -0.15) is 0 Å². The standard InChI is InChI=1S/C17H15ClN2O3/c1-10-19-14-7-11(3-5-16(14)23-10)8-17(21)20-12-4-6-15(22-2)13(18)9-12/h3-7,9H,8H2,1-2H3,(H,20,21). The van der Waals surface area contributed by atoms with Gasteiger partial charge in [0.25, 0.3) is 0 Å². The van der Waals surface area contributed by atoms with E-state index in [0.717, 1.165) is 11.1 Å². The number of rotatable bonds is 4. The molecule has 0 bridgehead atoms. The molecule has 118 valence electrons. The molecule has 0 aliphatic rings. The van der Waals surface area contributed by atoms with Crippen molar-refractivity contribution >= 4 is 34.3 Å². The van der Waals surface area contributed by atoms with Crippen LogP contribution in [0.1, 0.15) is 11.5 Å². The van der Waals surface area contributed by atoms with Crippen LogP contribution in [-0.2, 0) is 11.2 Å². The van der Waals surface area contributed by atoms with Crippen molar-refractivity contribution in [2.45, 2.75) is 13.3 Å². The van der Waals surface area contributed by atoms with E-state index in [-0.39, 0.29) is 12.3 Å². The Morgan fingerprint density at radius 3 is 2.87 bits per heavy atom. The van der Waals surface area contributed by atoms with E-state index in [9.17, 15) is 4.79 Å². The molecule has 23 heavy (non-hydrogen) atoms. The Kier molecular flexibility index (Phi) is 4.21. The fourth-order valence-corrected chi connectivity index (χ4v) is 2.59. The molecule has 0 fully saturated rings. The second kappa shape index (κ2) is 6.30. The van der Waals surface area contributed by atoms with Crippen LogP contribution in [0.2, 0.25) is 5.02 Å². The van der Waals surface area contributed by atoms with Crippen LogP contribution >= 0.6 is 11.6 Å². The Bertz CT molecular complexity index is 873. The van der Waals surface area contributed by atoms with Crippen LogP contribution in [0.3, 0.4) is 0 Å². The molecule has 0 unspecified atom stereocenters. The van der Waals surface area contributed by atoms with E-state index in [0.29, 0.717) is 27.9 Å². The molecule has 0 saturated carbocycles. The summed E-state index contributed by atoms with van der Waals surface area (Å²) in [6, 6.07) is 10.6. The molecule has 1 aromatic heterocycles. The summed E-state index contributed by atoms with van der Waals surface area (Å²) in [7, 11) is 1.54. The number of amides is 1. The minimum atomic E-state index is -0.134. The number of aromatic nitrogens is 1. The Morgan fingerprint density at radius 1 is 1.30 bits per heavy atom. The molecule has 2 aromatic carbocycles. The number of oxazole rings is 1. The highest BCUT2D eigenvalue weighted by atomic mass is 35.5. The summed E-state index contributed by atoms with van der Waals surface area (Å²) in [6.07, 6.45) is 0.242. The molecule has 3 rings (SSSR count). The van der Waals surface area contributed by atoms with E-state index in [2.05, 4.69) is 10.3 Å². The van der Waals surface area contributed by atoms with Gasteiger partial charge in [0.1, 0.15) is 11.3 Å². The van der Waals surface area contributed by atoms with E-state index in [1.807, 2.05) is 18.2 Å². The SMILES string of the molecule is COc1ccc(NC(=O)Cc2ccc3oc(C)nc3c2)cc1Cl. The molecule has 1 heterocycles. The van der Waals surface area contributed by atoms with Crippen LogP contribution in [0.4, 0.5) is 5.69 Å². The van der Waals surface area contributed by atoms with E-state index >= 15 is 0 Å². The Labute approximate surface area is 138 Å². The Balaban J connectivity index is 1.71. The lowest BCUT2D eigenvalue weighted by molar-refractivity contribution is -0.115. The van der Waals surface area contributed by atoms with Gasteiger partial charge in [-0.25, -0.2) is 4.98 Å². The van der Waals surface area contributed by atoms with Crippen molar-refractivity contribution < 1.29 is 13.9 Å². The van der Waals surface area contributed by atoms with Gasteiger partial charge >= 0.3 is 0 Å². The van der Waals surface area contributed by atoms with Gasteiger partial charge in [0.15, 0.2) is 11.5 Å². The number of anilines is 1. The van der Waals surface area contributed by atoms with Gasteiger partial charge in [0, 0.05) is 12.6 Å². The number of halogens is 1. The number of carbonyl (C=O) groups excluding carboxylic acids is 1. The second-order valence-electron chi connectivity index (χ2n) is 5.11. The summed E-state index contributed by atoms with van der Waals surface area (Å²) in [6.45, 7) is 1.79. The highest BCUT2D eigenvalue weighted by molar-refractivity contribution is 6.32. The van der Waals surface area contributed by atoms with Crippen LogP contribution < -0.4 is 10.1 Å². The summed E-state index contributed by atoms with van der Waals surface area (Å²) in [5.74, 6) is 1.04. The van der Waals surface area contributed by atoms with E-state index < -0.39 is 0 Å². The van der Waals surface area contributed by atoms with Crippen molar-refractivity contribution in [3.05, 3.63) is 52.9 Å². The predicted octanol–water partition coefficient (Wildman–Crippen LogP) is 3.98. The van der Waals surface area contributed by atoms with Crippen LogP contribution in [0, 0.1) is 6.92 Å². The first-order valence-electron chi connectivity index (χ1n) is 7.04. The van der Waals surface area contributed by atoms with Crippen molar-refractivity contribution in [3.63, 3.8) is 0 Å². The van der Waals surface area contributed by atoms with E-state index in [1.54, 1.807) is 32.2 Å². The maximum Gasteiger partial charge on any atom is 0.228 e. The van der Waals surface area contributed by atoms with Gasteiger partial charge in [0.05, 0.1) is 18.6 Å². The van der Waals surface area contributed by atoms with Crippen molar-refractivity contribution in [3.8, 4) is 5.75 Å². The average molecular weight is 331 g/mol. The predicted molar refractivity (Wildman–Crippen MR) is 89.1 cm³/mol. The maximum atomic E-state index is 12.2. The third-order valence-corrected chi connectivity index (χ3v) is 3.65. The van der Waals surface area contributed by atoms with Crippen LogP contribution in [0.25, 0.3) is 11.1 Å². The molecule has 6 heteroatoms. The van der Waals surface area contributed by atoms with Crippen molar-refractivity contribution in [2.24, 2.45) is 0 Å². The third-order valence-electron chi connectivity index (χ3n) is 3.36. The normalized spacial score (nSPS) is 10.7. The molecular formula is C17H15ClN2O3. The van der Waals surface area contributed by atoms with Crippen molar-refractivity contribution in [1.29, 1.82) is 0 Å². The molecule has 3 aromatic rings. The fraction of sp³-hybridized carbons (Fsp3) is 0.176. The summed E-state index contributed by atoms with van der Waals surface area (Å²) in [5, 5.41) is 3.26. The van der Waals surface area contributed by atoms with Gasteiger partial charge in [-0.15, -0.1) is 0 Å². The first-order valence-corrected chi connectivity index (χ1v) is 7.42. The number of ether oxygens (including phenoxy) is 1. The van der Waals surface area contributed by atoms with Crippen LogP contribution in [0.5, 0.6) is 5.75 Å². The van der Waals surface area contributed by atoms with E-state index in [4.69, 9.17) is 20.8 Å². The lowest BCUT2D eigenvalue weighted by atomic mass is 10.1. The number of carbonyl (C=O) groups is 1. The second-order valence-corrected chi connectivity index (χ2v) is 5.52. The number of hydrogen-bond donors (Lipinski definition) is 1. The number of nitrogens with one attached hydrogen (secondary N) is 1. The number of aryl methyl sites for hydroxylation is 1. The van der Waals surface area contributed by atoms with Gasteiger partial charge < -0.3 is 14.5 Å². The topological polar surface area (TPSA) is 64.4 Å². The highest BCUT2D eigenvalue weighted by Crippen LogP contribution is 2.27. The minimum absolute atomic E-state index is 0.134. The number of nitrogens with zero attached hydrogens (tertiary/aromatic N) is 1. The largest absolute Gasteiger partial charge is 0.495 e. The lowest BCUT2D eigenvalue weighted by Gasteiger charge is -2.08. The molecule has 0 saturated heterocycles. The molecule has 1 N–H and O–H groups in total. The van der Waals surface area contributed by atoms with Crippen molar-refractivity contribution in [2.75, 3.05) is 12.4 Å². The van der Waals surface area contributed by atoms with Crippen LogP contribution in [-0.4, -0.2) is 18.0 Å². The number of fused-ring (bicyclic) bond motifs is 1. The number of methoxy groups -OCH3 is 1. The summed E-state index contributed by atoms with van der Waals surface area (Å²) < 4.78 is 10.5. The Morgan fingerprint density at radius 2 is 2.13 bits per heavy atom. The third kappa shape index (κ3) is 3.46. The molecule has 1 amide bonds.